The van der Waals surface area contributed by atoms with Crippen LogP contribution in [0.5, 0.6) is 0 Å². The van der Waals surface area contributed by atoms with Gasteiger partial charge >= 0.3 is 0 Å². The van der Waals surface area contributed by atoms with Gasteiger partial charge in [0.1, 0.15) is 0 Å². The molecule has 0 saturated heterocycles. The van der Waals surface area contributed by atoms with Crippen molar-refractivity contribution >= 4 is 23.5 Å². The second kappa shape index (κ2) is 4.07. The molecule has 0 saturated carbocycles. The molecule has 0 aliphatic rings. The molecule has 0 aliphatic heterocycles. The van der Waals surface area contributed by atoms with E-state index in [-0.39, 0.29) is 19.5 Å². The molecule has 62 valence electrons. The number of nitrogens with zero attached hydrogens (tertiary/aromatic N) is 1. The zero-order chi connectivity index (χ0) is 8.55. The van der Waals surface area contributed by atoms with Crippen molar-refractivity contribution in [2.75, 3.05) is 0 Å². The van der Waals surface area contributed by atoms with Crippen LogP contribution in [0.4, 0.5) is 0 Å². The van der Waals surface area contributed by atoms with Crippen LogP contribution in [0, 0.1) is 5.21 Å². The van der Waals surface area contributed by atoms with Gasteiger partial charge in [-0.15, -0.1) is 0 Å². The topological polar surface area (TPSA) is 26.9 Å². The first-order valence-electron chi connectivity index (χ1n) is 3.59. The SMILES string of the molecule is [O-][n+]1c(S)ccc2ccccc21.[Zn]. The van der Waals surface area contributed by atoms with Gasteiger partial charge in [-0.1, -0.05) is 24.8 Å². The maximum Gasteiger partial charge on any atom is 0.248 e. The van der Waals surface area contributed by atoms with E-state index in [2.05, 4.69) is 12.6 Å². The summed E-state index contributed by atoms with van der Waals surface area (Å²) in [5.41, 5.74) is 0.657. The molecule has 2 nitrogen and oxygen atoms in total. The number of benzene rings is 1. The summed E-state index contributed by atoms with van der Waals surface area (Å²) in [6, 6.07) is 11.0. The summed E-state index contributed by atoms with van der Waals surface area (Å²) in [7, 11) is 0. The summed E-state index contributed by atoms with van der Waals surface area (Å²) in [5, 5.41) is 12.7. The third kappa shape index (κ3) is 1.84. The Morgan fingerprint density at radius 1 is 1.08 bits per heavy atom. The molecule has 0 amide bonds. The van der Waals surface area contributed by atoms with Gasteiger partial charge in [0.2, 0.25) is 10.5 Å². The fraction of sp³-hybridized carbons (Fsp3) is 0. The molecule has 4 heteroatoms. The average Bonchev–Trinajstić information content (AvgIpc) is 2.12. The van der Waals surface area contributed by atoms with Crippen molar-refractivity contribution in [3.63, 3.8) is 0 Å². The van der Waals surface area contributed by atoms with E-state index in [4.69, 9.17) is 0 Å². The number of para-hydroxylation sites is 1. The predicted octanol–water partition coefficient (Wildman–Crippen LogP) is 1.76. The van der Waals surface area contributed by atoms with Crippen LogP contribution >= 0.6 is 12.6 Å². The molecule has 1 aromatic carbocycles. The van der Waals surface area contributed by atoms with E-state index in [1.807, 2.05) is 24.3 Å². The van der Waals surface area contributed by atoms with Gasteiger partial charge in [0.05, 0.1) is 0 Å². The fourth-order valence-corrected chi connectivity index (χ4v) is 1.35. The largest absolute Gasteiger partial charge is 0.617 e. The van der Waals surface area contributed by atoms with Gasteiger partial charge in [-0.05, 0) is 12.1 Å². The minimum atomic E-state index is 0. The van der Waals surface area contributed by atoms with E-state index >= 15 is 0 Å². The van der Waals surface area contributed by atoms with Crippen LogP contribution in [-0.2, 0) is 19.5 Å². The molecule has 0 atom stereocenters. The number of aromatic nitrogens is 1. The Balaban J connectivity index is 0.000000845. The Labute approximate surface area is 94.3 Å². The number of rotatable bonds is 0. The molecule has 1 aromatic heterocycles. The zero-order valence-electron chi connectivity index (χ0n) is 6.97. The van der Waals surface area contributed by atoms with Crippen LogP contribution in [0.1, 0.15) is 0 Å². The quantitative estimate of drug-likeness (QED) is 0.324. The van der Waals surface area contributed by atoms with Gasteiger partial charge < -0.3 is 5.21 Å². The predicted molar refractivity (Wildman–Crippen MR) is 50.2 cm³/mol. The molecule has 0 fully saturated rings. The minimum Gasteiger partial charge on any atom is -0.617 e. The maximum absolute atomic E-state index is 11.4. The molecule has 2 rings (SSSR count). The number of fused-ring (bicyclic) bond motifs is 1. The van der Waals surface area contributed by atoms with Crippen LogP contribution < -0.4 is 4.73 Å². The Kier molecular flexibility index (Phi) is 3.29. The van der Waals surface area contributed by atoms with E-state index in [1.54, 1.807) is 12.1 Å². The van der Waals surface area contributed by atoms with Crippen molar-refractivity contribution in [2.24, 2.45) is 0 Å². The van der Waals surface area contributed by atoms with Crippen molar-refractivity contribution in [1.29, 1.82) is 0 Å². The number of pyridine rings is 1. The standard InChI is InChI=1S/C9H7NOS.Zn/c11-10-8-4-2-1-3-7(8)5-6-9(10)12;/h1-6,12H;. The van der Waals surface area contributed by atoms with E-state index in [1.165, 1.54) is 0 Å². The van der Waals surface area contributed by atoms with E-state index < -0.39 is 0 Å². The van der Waals surface area contributed by atoms with Crippen molar-refractivity contribution in [3.8, 4) is 0 Å². The molecule has 13 heavy (non-hydrogen) atoms. The van der Waals surface area contributed by atoms with Gasteiger partial charge in [0, 0.05) is 37.0 Å². The van der Waals surface area contributed by atoms with Crippen molar-refractivity contribution in [3.05, 3.63) is 41.6 Å². The molecule has 0 radical (unpaired) electrons. The van der Waals surface area contributed by atoms with Crippen LogP contribution in [0.25, 0.3) is 10.9 Å². The molecule has 0 unspecified atom stereocenters. The molecule has 2 aromatic rings. The molecule has 1 heterocycles. The summed E-state index contributed by atoms with van der Waals surface area (Å²) in [5.74, 6) is 0. The Bertz CT molecular complexity index is 433. The van der Waals surface area contributed by atoms with E-state index in [0.717, 1.165) is 10.1 Å². The third-order valence-electron chi connectivity index (χ3n) is 1.78. The Hall–Kier alpha value is -0.597. The average molecular weight is 243 g/mol. The normalized spacial score (nSPS) is 9.62. The Morgan fingerprint density at radius 3 is 2.54 bits per heavy atom. The first-order valence-corrected chi connectivity index (χ1v) is 4.04. The first kappa shape index (κ1) is 10.5. The Morgan fingerprint density at radius 2 is 1.77 bits per heavy atom. The third-order valence-corrected chi connectivity index (χ3v) is 2.11. The minimum absolute atomic E-state index is 0. The van der Waals surface area contributed by atoms with Crippen molar-refractivity contribution < 1.29 is 24.2 Å². The van der Waals surface area contributed by atoms with Gasteiger partial charge in [-0.3, -0.25) is 0 Å². The van der Waals surface area contributed by atoms with Crippen LogP contribution in [0.3, 0.4) is 0 Å². The van der Waals surface area contributed by atoms with Gasteiger partial charge in [-0.2, -0.15) is 4.73 Å². The monoisotopic (exact) mass is 241 g/mol. The van der Waals surface area contributed by atoms with Gasteiger partial charge in [0.15, 0.2) is 0 Å². The second-order valence-corrected chi connectivity index (χ2v) is 3.00. The van der Waals surface area contributed by atoms with Crippen LogP contribution in [-0.4, -0.2) is 0 Å². The smallest absolute Gasteiger partial charge is 0.248 e. The van der Waals surface area contributed by atoms with Gasteiger partial charge in [0.25, 0.3) is 0 Å². The van der Waals surface area contributed by atoms with Crippen molar-refractivity contribution in [2.45, 2.75) is 5.03 Å². The van der Waals surface area contributed by atoms with E-state index in [9.17, 15) is 5.21 Å². The molecule has 0 N–H and O–H groups in total. The number of thiol groups is 1. The zero-order valence-corrected chi connectivity index (χ0v) is 10.8. The summed E-state index contributed by atoms with van der Waals surface area (Å²) in [4.78, 5) is 0. The van der Waals surface area contributed by atoms with E-state index in [0.29, 0.717) is 10.5 Å². The fourth-order valence-electron chi connectivity index (χ4n) is 1.17. The molecule has 0 bridgehead atoms. The summed E-state index contributed by atoms with van der Waals surface area (Å²) in [6.45, 7) is 0. The summed E-state index contributed by atoms with van der Waals surface area (Å²) < 4.78 is 0.818. The number of hydrogen-bond donors (Lipinski definition) is 1. The second-order valence-electron chi connectivity index (χ2n) is 2.54. The summed E-state index contributed by atoms with van der Waals surface area (Å²) >= 11 is 4.02. The molecular formula is C9H7NOSZn. The summed E-state index contributed by atoms with van der Waals surface area (Å²) in [6.07, 6.45) is 0. The molecule has 0 spiro atoms. The van der Waals surface area contributed by atoms with Crippen LogP contribution in [0.15, 0.2) is 41.4 Å². The molecular weight excluding hydrogens is 236 g/mol. The number of hydrogen-bond acceptors (Lipinski definition) is 2. The molecule has 0 aliphatic carbocycles. The van der Waals surface area contributed by atoms with Gasteiger partial charge in [-0.25, -0.2) is 0 Å². The van der Waals surface area contributed by atoms with Crippen molar-refractivity contribution in [1.82, 2.24) is 0 Å². The van der Waals surface area contributed by atoms with Crippen LogP contribution in [0.2, 0.25) is 0 Å². The first-order chi connectivity index (χ1) is 5.79. The maximum atomic E-state index is 11.4.